The molecule has 4 nitrogen and oxygen atoms in total. The average Bonchev–Trinajstić information content (AvgIpc) is 2.81. The van der Waals surface area contributed by atoms with Crippen molar-refractivity contribution in [2.75, 3.05) is 5.32 Å². The molecule has 1 N–H and O–H groups in total. The molecule has 2 aromatic rings. The topological polar surface area (TPSA) is 66.0 Å². The molecule has 1 aromatic heterocycles. The Hall–Kier alpha value is -2.51. The first-order valence-corrected chi connectivity index (χ1v) is 6.21. The zero-order valence-electron chi connectivity index (χ0n) is 10.7. The van der Waals surface area contributed by atoms with Crippen LogP contribution in [0.5, 0.6) is 0 Å². The summed E-state index contributed by atoms with van der Waals surface area (Å²) in [4.78, 5) is 12.0. The molecule has 0 radical (unpaired) electrons. The van der Waals surface area contributed by atoms with Crippen molar-refractivity contribution in [3.8, 4) is 6.07 Å². The first-order valence-electron chi connectivity index (χ1n) is 5.83. The number of nitriles is 1. The number of nitrogens with zero attached hydrogens (tertiary/aromatic N) is 1. The number of amides is 1. The van der Waals surface area contributed by atoms with Gasteiger partial charge >= 0.3 is 0 Å². The fourth-order valence-electron chi connectivity index (χ4n) is 1.59. The summed E-state index contributed by atoms with van der Waals surface area (Å²) in [5, 5.41) is 12.2. The number of carbonyl (C=O) groups is 1. The number of halogens is 1. The molecule has 0 unspecified atom stereocenters. The van der Waals surface area contributed by atoms with Gasteiger partial charge in [0, 0.05) is 16.8 Å². The molecule has 0 spiro atoms. The summed E-state index contributed by atoms with van der Waals surface area (Å²) >= 11 is 5.83. The van der Waals surface area contributed by atoms with Crippen molar-refractivity contribution in [3.63, 3.8) is 0 Å². The minimum Gasteiger partial charge on any atom is -0.462 e. The normalized spacial score (nSPS) is 10.9. The van der Waals surface area contributed by atoms with E-state index in [1.807, 2.05) is 6.07 Å². The lowest BCUT2D eigenvalue weighted by molar-refractivity contribution is -0.112. The second kappa shape index (κ2) is 6.09. The fraction of sp³-hybridized carbons (Fsp3) is 0.0667. The first-order chi connectivity index (χ1) is 9.58. The number of carbonyl (C=O) groups excluding carboxylic acids is 1. The highest BCUT2D eigenvalue weighted by molar-refractivity contribution is 6.31. The number of rotatable bonds is 3. The summed E-state index contributed by atoms with van der Waals surface area (Å²) in [7, 11) is 0. The number of hydrogen-bond acceptors (Lipinski definition) is 3. The molecule has 1 heterocycles. The predicted molar refractivity (Wildman–Crippen MR) is 77.1 cm³/mol. The third-order valence-electron chi connectivity index (χ3n) is 2.50. The molecule has 2 rings (SSSR count). The van der Waals surface area contributed by atoms with Crippen LogP contribution in [0.3, 0.4) is 0 Å². The molecule has 1 aromatic carbocycles. The van der Waals surface area contributed by atoms with Crippen LogP contribution in [0.2, 0.25) is 5.02 Å². The van der Waals surface area contributed by atoms with Crippen molar-refractivity contribution >= 4 is 29.3 Å². The van der Waals surface area contributed by atoms with Gasteiger partial charge in [-0.25, -0.2) is 0 Å². The van der Waals surface area contributed by atoms with Crippen LogP contribution in [0.15, 0.2) is 46.4 Å². The van der Waals surface area contributed by atoms with Crippen LogP contribution in [0.4, 0.5) is 5.69 Å². The minimum atomic E-state index is -0.510. The Morgan fingerprint density at radius 2 is 2.20 bits per heavy atom. The van der Waals surface area contributed by atoms with Crippen molar-refractivity contribution in [2.24, 2.45) is 0 Å². The highest BCUT2D eigenvalue weighted by Crippen LogP contribution is 2.16. The molecule has 0 aliphatic heterocycles. The quantitative estimate of drug-likeness (QED) is 0.689. The van der Waals surface area contributed by atoms with Crippen LogP contribution in [0.1, 0.15) is 11.5 Å². The summed E-state index contributed by atoms with van der Waals surface area (Å²) < 4.78 is 5.31. The fourth-order valence-corrected chi connectivity index (χ4v) is 1.78. The smallest absolute Gasteiger partial charge is 0.266 e. The standard InChI is InChI=1S/C15H11ClN2O2/c1-10-5-6-14(20-10)7-11(9-17)15(19)18-13-4-2-3-12(16)8-13/h2-8H,1H3,(H,18,19). The second-order valence-corrected chi connectivity index (χ2v) is 4.52. The zero-order valence-corrected chi connectivity index (χ0v) is 11.4. The summed E-state index contributed by atoms with van der Waals surface area (Å²) in [5.41, 5.74) is 0.485. The van der Waals surface area contributed by atoms with Gasteiger partial charge in [-0.1, -0.05) is 17.7 Å². The van der Waals surface area contributed by atoms with E-state index >= 15 is 0 Å². The van der Waals surface area contributed by atoms with Gasteiger partial charge in [-0.2, -0.15) is 5.26 Å². The molecular weight excluding hydrogens is 276 g/mol. The van der Waals surface area contributed by atoms with Crippen LogP contribution >= 0.6 is 11.6 Å². The van der Waals surface area contributed by atoms with E-state index in [4.69, 9.17) is 21.3 Å². The van der Waals surface area contributed by atoms with E-state index in [9.17, 15) is 4.79 Å². The lowest BCUT2D eigenvalue weighted by Crippen LogP contribution is -2.13. The van der Waals surface area contributed by atoms with Gasteiger partial charge in [0.2, 0.25) is 0 Å². The SMILES string of the molecule is Cc1ccc(C=C(C#N)C(=O)Nc2cccc(Cl)c2)o1. The molecule has 20 heavy (non-hydrogen) atoms. The molecule has 1 amide bonds. The largest absolute Gasteiger partial charge is 0.462 e. The van der Waals surface area contributed by atoms with Crippen molar-refractivity contribution in [1.29, 1.82) is 5.26 Å². The molecular formula is C15H11ClN2O2. The second-order valence-electron chi connectivity index (χ2n) is 4.08. The van der Waals surface area contributed by atoms with Crippen molar-refractivity contribution < 1.29 is 9.21 Å². The number of nitrogens with one attached hydrogen (secondary N) is 1. The van der Waals surface area contributed by atoms with Gasteiger partial charge in [0.15, 0.2) is 0 Å². The molecule has 0 aliphatic carbocycles. The highest BCUT2D eigenvalue weighted by Gasteiger charge is 2.10. The average molecular weight is 287 g/mol. The molecule has 0 saturated carbocycles. The zero-order chi connectivity index (χ0) is 14.5. The summed E-state index contributed by atoms with van der Waals surface area (Å²) in [6.07, 6.45) is 1.40. The van der Waals surface area contributed by atoms with Gasteiger partial charge < -0.3 is 9.73 Å². The lowest BCUT2D eigenvalue weighted by Gasteiger charge is -2.04. The molecule has 100 valence electrons. The van der Waals surface area contributed by atoms with Crippen LogP contribution in [0, 0.1) is 18.3 Å². The lowest BCUT2D eigenvalue weighted by atomic mass is 10.2. The Bertz CT molecular complexity index is 711. The van der Waals surface area contributed by atoms with Gasteiger partial charge in [-0.15, -0.1) is 0 Å². The first kappa shape index (κ1) is 13.9. The Morgan fingerprint density at radius 1 is 1.40 bits per heavy atom. The molecule has 0 atom stereocenters. The summed E-state index contributed by atoms with van der Waals surface area (Å²) in [6.45, 7) is 1.79. The van der Waals surface area contributed by atoms with Crippen LogP contribution < -0.4 is 5.32 Å². The Kier molecular flexibility index (Phi) is 4.24. The Labute approximate surface area is 121 Å². The van der Waals surface area contributed by atoms with E-state index in [1.165, 1.54) is 6.08 Å². The third kappa shape index (κ3) is 3.50. The number of benzene rings is 1. The monoisotopic (exact) mass is 286 g/mol. The predicted octanol–water partition coefficient (Wildman–Crippen LogP) is 3.79. The van der Waals surface area contributed by atoms with Gasteiger partial charge in [0.05, 0.1) is 0 Å². The maximum absolute atomic E-state index is 12.0. The number of anilines is 1. The van der Waals surface area contributed by atoms with E-state index < -0.39 is 5.91 Å². The van der Waals surface area contributed by atoms with Crippen molar-refractivity contribution in [1.82, 2.24) is 0 Å². The van der Waals surface area contributed by atoms with Gasteiger partial charge in [0.25, 0.3) is 5.91 Å². The summed E-state index contributed by atoms with van der Waals surface area (Å²) in [6, 6.07) is 12.0. The van der Waals surface area contributed by atoms with Gasteiger partial charge in [0.1, 0.15) is 23.2 Å². The third-order valence-corrected chi connectivity index (χ3v) is 2.73. The van der Waals surface area contributed by atoms with Crippen LogP contribution in [-0.2, 0) is 4.79 Å². The van der Waals surface area contributed by atoms with E-state index in [0.29, 0.717) is 22.2 Å². The molecule has 0 aliphatic rings. The van der Waals surface area contributed by atoms with E-state index in [-0.39, 0.29) is 5.57 Å². The van der Waals surface area contributed by atoms with Crippen LogP contribution in [0.25, 0.3) is 6.08 Å². The molecule has 5 heteroatoms. The highest BCUT2D eigenvalue weighted by atomic mass is 35.5. The maximum Gasteiger partial charge on any atom is 0.266 e. The van der Waals surface area contributed by atoms with Gasteiger partial charge in [-0.3, -0.25) is 4.79 Å². The van der Waals surface area contributed by atoms with E-state index in [0.717, 1.165) is 0 Å². The molecule has 0 saturated heterocycles. The van der Waals surface area contributed by atoms with Gasteiger partial charge in [-0.05, 0) is 37.3 Å². The number of aryl methyl sites for hydroxylation is 1. The Balaban J connectivity index is 2.18. The van der Waals surface area contributed by atoms with E-state index in [2.05, 4.69) is 5.32 Å². The van der Waals surface area contributed by atoms with Crippen molar-refractivity contribution in [3.05, 3.63) is 58.5 Å². The Morgan fingerprint density at radius 3 is 2.80 bits per heavy atom. The summed E-state index contributed by atoms with van der Waals surface area (Å²) in [5.74, 6) is 0.660. The maximum atomic E-state index is 12.0. The number of furan rings is 1. The van der Waals surface area contributed by atoms with E-state index in [1.54, 1.807) is 43.3 Å². The minimum absolute atomic E-state index is 0.0423. The van der Waals surface area contributed by atoms with Crippen molar-refractivity contribution in [2.45, 2.75) is 6.92 Å². The molecule has 0 bridgehead atoms. The number of hydrogen-bond donors (Lipinski definition) is 1. The molecule has 0 fully saturated rings. The van der Waals surface area contributed by atoms with Crippen LogP contribution in [-0.4, -0.2) is 5.91 Å².